The molecule has 1 aliphatic heterocycles. The summed E-state index contributed by atoms with van der Waals surface area (Å²) >= 11 is 0. The highest BCUT2D eigenvalue weighted by molar-refractivity contribution is 5.92. The van der Waals surface area contributed by atoms with Gasteiger partial charge in [0.2, 0.25) is 5.91 Å². The van der Waals surface area contributed by atoms with Crippen molar-refractivity contribution in [2.75, 3.05) is 30.4 Å². The number of nitrogens with zero attached hydrogens (tertiary/aromatic N) is 3. The predicted octanol–water partition coefficient (Wildman–Crippen LogP) is 4.62. The Morgan fingerprint density at radius 2 is 1.65 bits per heavy atom. The fourth-order valence-electron chi connectivity index (χ4n) is 4.07. The van der Waals surface area contributed by atoms with Gasteiger partial charge >= 0.3 is 0 Å². The smallest absolute Gasteiger partial charge is 0.227 e. The third kappa shape index (κ3) is 5.02. The molecule has 0 atom stereocenters. The van der Waals surface area contributed by atoms with E-state index < -0.39 is 0 Å². The van der Waals surface area contributed by atoms with Crippen molar-refractivity contribution >= 4 is 17.4 Å². The van der Waals surface area contributed by atoms with Gasteiger partial charge in [-0.1, -0.05) is 6.07 Å². The fraction of sp³-hybridized carbons (Fsp3) is 0.320. The maximum absolute atomic E-state index is 12.7. The van der Waals surface area contributed by atoms with Crippen LogP contribution in [0.25, 0.3) is 11.3 Å². The molecule has 6 heteroatoms. The second-order valence-corrected chi connectivity index (χ2v) is 8.13. The predicted molar refractivity (Wildman–Crippen MR) is 124 cm³/mol. The number of nitrogens with one attached hydrogen (secondary N) is 1. The first-order valence-electron chi connectivity index (χ1n) is 10.6. The number of aryl methyl sites for hydroxylation is 2. The standard InChI is InChI=1S/C25H28N4O2/c1-17-14-18(2)16-21(15-17)26-25(30)20-10-12-29(13-11-20)24-9-8-23(27-28-24)19-4-6-22(31-3)7-5-19/h4-9,14-16,20H,10-13H2,1-3H3,(H,26,30). The highest BCUT2D eigenvalue weighted by Gasteiger charge is 2.26. The molecule has 1 fully saturated rings. The van der Waals surface area contributed by atoms with Gasteiger partial charge in [0.25, 0.3) is 0 Å². The summed E-state index contributed by atoms with van der Waals surface area (Å²) in [4.78, 5) is 14.9. The van der Waals surface area contributed by atoms with Crippen LogP contribution in [0.2, 0.25) is 0 Å². The second-order valence-electron chi connectivity index (χ2n) is 8.13. The van der Waals surface area contributed by atoms with E-state index in [1.807, 2.05) is 62.4 Å². The van der Waals surface area contributed by atoms with Crippen molar-refractivity contribution in [2.24, 2.45) is 5.92 Å². The molecular formula is C25H28N4O2. The largest absolute Gasteiger partial charge is 0.497 e. The van der Waals surface area contributed by atoms with Crippen LogP contribution in [0.5, 0.6) is 5.75 Å². The minimum absolute atomic E-state index is 0.0172. The molecule has 160 valence electrons. The number of hydrogen-bond donors (Lipinski definition) is 1. The third-order valence-corrected chi connectivity index (χ3v) is 5.72. The summed E-state index contributed by atoms with van der Waals surface area (Å²) in [7, 11) is 1.65. The average molecular weight is 417 g/mol. The van der Waals surface area contributed by atoms with Crippen LogP contribution in [0.1, 0.15) is 24.0 Å². The number of methoxy groups -OCH3 is 1. The van der Waals surface area contributed by atoms with Crippen molar-refractivity contribution in [2.45, 2.75) is 26.7 Å². The number of carbonyl (C=O) groups excluding carboxylic acids is 1. The molecule has 0 saturated carbocycles. The number of benzene rings is 2. The molecule has 1 amide bonds. The van der Waals surface area contributed by atoms with Gasteiger partial charge in [0.15, 0.2) is 5.82 Å². The maximum Gasteiger partial charge on any atom is 0.227 e. The molecule has 0 spiro atoms. The van der Waals surface area contributed by atoms with Crippen LogP contribution in [-0.2, 0) is 4.79 Å². The number of rotatable bonds is 5. The lowest BCUT2D eigenvalue weighted by atomic mass is 9.95. The monoisotopic (exact) mass is 416 g/mol. The lowest BCUT2D eigenvalue weighted by Gasteiger charge is -2.31. The number of hydrogen-bond acceptors (Lipinski definition) is 5. The lowest BCUT2D eigenvalue weighted by Crippen LogP contribution is -2.38. The van der Waals surface area contributed by atoms with Crippen LogP contribution in [0.4, 0.5) is 11.5 Å². The van der Waals surface area contributed by atoms with E-state index in [9.17, 15) is 4.79 Å². The Bertz CT molecular complexity index is 1020. The van der Waals surface area contributed by atoms with Crippen molar-refractivity contribution in [1.82, 2.24) is 10.2 Å². The normalized spacial score (nSPS) is 14.4. The summed E-state index contributed by atoms with van der Waals surface area (Å²) in [6, 6.07) is 17.9. The van der Waals surface area contributed by atoms with Crippen LogP contribution < -0.4 is 15.0 Å². The molecule has 3 aromatic rings. The van der Waals surface area contributed by atoms with Crippen molar-refractivity contribution < 1.29 is 9.53 Å². The van der Waals surface area contributed by atoms with Gasteiger partial charge in [-0.25, -0.2) is 0 Å². The van der Waals surface area contributed by atoms with Crippen molar-refractivity contribution in [3.05, 3.63) is 65.7 Å². The molecule has 6 nitrogen and oxygen atoms in total. The van der Waals surface area contributed by atoms with Gasteiger partial charge in [0.1, 0.15) is 5.75 Å². The van der Waals surface area contributed by atoms with E-state index in [-0.39, 0.29) is 11.8 Å². The highest BCUT2D eigenvalue weighted by Crippen LogP contribution is 2.25. The summed E-state index contributed by atoms with van der Waals surface area (Å²) in [5.74, 6) is 1.79. The van der Waals surface area contributed by atoms with E-state index in [1.54, 1.807) is 7.11 Å². The van der Waals surface area contributed by atoms with E-state index in [0.29, 0.717) is 0 Å². The van der Waals surface area contributed by atoms with Crippen LogP contribution >= 0.6 is 0 Å². The van der Waals surface area contributed by atoms with Crippen LogP contribution in [0.15, 0.2) is 54.6 Å². The molecule has 0 unspecified atom stereocenters. The molecular weight excluding hydrogens is 388 g/mol. The Labute approximate surface area is 183 Å². The van der Waals surface area contributed by atoms with Crippen LogP contribution in [0, 0.1) is 19.8 Å². The van der Waals surface area contributed by atoms with Gasteiger partial charge < -0.3 is 15.0 Å². The average Bonchev–Trinajstić information content (AvgIpc) is 2.79. The number of anilines is 2. The summed E-state index contributed by atoms with van der Waals surface area (Å²) in [6.45, 7) is 5.67. The third-order valence-electron chi connectivity index (χ3n) is 5.72. The molecule has 1 saturated heterocycles. The lowest BCUT2D eigenvalue weighted by molar-refractivity contribution is -0.120. The SMILES string of the molecule is COc1ccc(-c2ccc(N3CCC(C(=O)Nc4cc(C)cc(C)c4)CC3)nn2)cc1. The van der Waals surface area contributed by atoms with Crippen molar-refractivity contribution in [3.63, 3.8) is 0 Å². The van der Waals surface area contributed by atoms with E-state index in [1.165, 1.54) is 0 Å². The van der Waals surface area contributed by atoms with E-state index in [0.717, 1.165) is 65.6 Å². The molecule has 1 aliphatic rings. The number of ether oxygens (including phenoxy) is 1. The number of piperidine rings is 1. The number of aromatic nitrogens is 2. The van der Waals surface area contributed by atoms with E-state index >= 15 is 0 Å². The van der Waals surface area contributed by atoms with Gasteiger partial charge in [-0.05, 0) is 86.3 Å². The molecule has 1 N–H and O–H groups in total. The minimum atomic E-state index is 0.0172. The van der Waals surface area contributed by atoms with Crippen molar-refractivity contribution in [1.29, 1.82) is 0 Å². The zero-order chi connectivity index (χ0) is 21.8. The van der Waals surface area contributed by atoms with Crippen molar-refractivity contribution in [3.8, 4) is 17.0 Å². The van der Waals surface area contributed by atoms with Crippen LogP contribution in [-0.4, -0.2) is 36.3 Å². The summed E-state index contributed by atoms with van der Waals surface area (Å²) in [5, 5.41) is 11.9. The van der Waals surface area contributed by atoms with Gasteiger partial charge in [-0.15, -0.1) is 10.2 Å². The zero-order valence-electron chi connectivity index (χ0n) is 18.3. The van der Waals surface area contributed by atoms with Gasteiger partial charge in [0.05, 0.1) is 12.8 Å². The quantitative estimate of drug-likeness (QED) is 0.657. The molecule has 1 aromatic heterocycles. The summed E-state index contributed by atoms with van der Waals surface area (Å²) in [6.07, 6.45) is 1.61. The molecule has 0 aliphatic carbocycles. The minimum Gasteiger partial charge on any atom is -0.497 e. The second kappa shape index (κ2) is 9.16. The van der Waals surface area contributed by atoms with E-state index in [4.69, 9.17) is 4.74 Å². The number of amides is 1. The van der Waals surface area contributed by atoms with Gasteiger partial charge in [-0.2, -0.15) is 0 Å². The Balaban J connectivity index is 1.34. The molecule has 31 heavy (non-hydrogen) atoms. The fourth-order valence-corrected chi connectivity index (χ4v) is 4.07. The first kappa shape index (κ1) is 20.8. The Morgan fingerprint density at radius 3 is 2.23 bits per heavy atom. The highest BCUT2D eigenvalue weighted by atomic mass is 16.5. The summed E-state index contributed by atoms with van der Waals surface area (Å²) < 4.78 is 5.20. The number of carbonyl (C=O) groups is 1. The zero-order valence-corrected chi connectivity index (χ0v) is 18.3. The van der Waals surface area contributed by atoms with Gasteiger partial charge in [-0.3, -0.25) is 4.79 Å². The first-order valence-corrected chi connectivity index (χ1v) is 10.6. The summed E-state index contributed by atoms with van der Waals surface area (Å²) in [5.41, 5.74) is 5.02. The maximum atomic E-state index is 12.7. The molecule has 2 heterocycles. The van der Waals surface area contributed by atoms with E-state index in [2.05, 4.69) is 26.5 Å². The Morgan fingerprint density at radius 1 is 0.968 bits per heavy atom. The van der Waals surface area contributed by atoms with Crippen LogP contribution in [0.3, 0.4) is 0 Å². The topological polar surface area (TPSA) is 67.3 Å². The van der Waals surface area contributed by atoms with Gasteiger partial charge in [0, 0.05) is 30.3 Å². The Hall–Kier alpha value is -3.41. The molecule has 2 aromatic carbocycles. The Kier molecular flexibility index (Phi) is 6.16. The molecule has 0 radical (unpaired) electrons. The molecule has 0 bridgehead atoms. The molecule has 4 rings (SSSR count). The first-order chi connectivity index (χ1) is 15.0.